The van der Waals surface area contributed by atoms with Crippen LogP contribution < -0.4 is 9.47 Å². The molecule has 198 valence electrons. The van der Waals surface area contributed by atoms with Gasteiger partial charge in [-0.15, -0.1) is 0 Å². The third-order valence-corrected chi connectivity index (χ3v) is 6.35. The third-order valence-electron chi connectivity index (χ3n) is 6.35. The lowest BCUT2D eigenvalue weighted by atomic mass is 10.1. The molecule has 1 heterocycles. The summed E-state index contributed by atoms with van der Waals surface area (Å²) in [5.41, 5.74) is 3.20. The Labute approximate surface area is 223 Å². The highest BCUT2D eigenvalue weighted by Gasteiger charge is 2.18. The highest BCUT2D eigenvalue weighted by molar-refractivity contribution is 5.91. The smallest absolute Gasteiger partial charge is 0.289 e. The number of likely N-dealkylation sites (N-methyl/N-ethyl adjacent to an activating group) is 1. The maximum absolute atomic E-state index is 13.4. The van der Waals surface area contributed by atoms with Crippen molar-refractivity contribution < 1.29 is 23.1 Å². The second-order valence-electron chi connectivity index (χ2n) is 9.19. The lowest BCUT2D eigenvalue weighted by Crippen LogP contribution is -2.28. The standard InChI is InChI=1S/C31H33FN2O4/c1-33(18-17-23-11-15-28(36-2)30(19-23)37-3)31(35)29-16-14-27(38-29)22-34(20-24-7-5-4-6-8-24)21-25-9-12-26(32)13-10-25/h4-16,19H,17-18,20-22H2,1-3H3. The predicted octanol–water partition coefficient (Wildman–Crippen LogP) is 5.95. The maximum atomic E-state index is 13.4. The molecule has 0 saturated carbocycles. The van der Waals surface area contributed by atoms with Gasteiger partial charge < -0.3 is 18.8 Å². The van der Waals surface area contributed by atoms with Gasteiger partial charge in [0.2, 0.25) is 0 Å². The number of carbonyl (C=O) groups is 1. The molecule has 0 radical (unpaired) electrons. The van der Waals surface area contributed by atoms with Crippen molar-refractivity contribution in [3.05, 3.63) is 119 Å². The van der Waals surface area contributed by atoms with Crippen LogP contribution in [0.25, 0.3) is 0 Å². The van der Waals surface area contributed by atoms with Crippen LogP contribution in [0.4, 0.5) is 4.39 Å². The van der Waals surface area contributed by atoms with Crippen LogP contribution >= 0.6 is 0 Å². The van der Waals surface area contributed by atoms with Crippen LogP contribution in [0.1, 0.15) is 33.0 Å². The van der Waals surface area contributed by atoms with Crippen LogP contribution in [0.3, 0.4) is 0 Å². The number of hydrogen-bond acceptors (Lipinski definition) is 5. The fraction of sp³-hybridized carbons (Fsp3) is 0.258. The van der Waals surface area contributed by atoms with Crippen molar-refractivity contribution in [2.24, 2.45) is 0 Å². The van der Waals surface area contributed by atoms with Gasteiger partial charge in [0.1, 0.15) is 11.6 Å². The summed E-state index contributed by atoms with van der Waals surface area (Å²) in [6.07, 6.45) is 0.665. The van der Waals surface area contributed by atoms with Gasteiger partial charge >= 0.3 is 0 Å². The molecule has 4 rings (SSSR count). The zero-order chi connectivity index (χ0) is 26.9. The number of nitrogens with zero attached hydrogens (tertiary/aromatic N) is 2. The van der Waals surface area contributed by atoms with Crippen LogP contribution in [0.2, 0.25) is 0 Å². The Morgan fingerprint density at radius 3 is 2.13 bits per heavy atom. The SMILES string of the molecule is COc1ccc(CCN(C)C(=O)c2ccc(CN(Cc3ccccc3)Cc3ccc(F)cc3)o2)cc1OC. The molecule has 0 aliphatic carbocycles. The summed E-state index contributed by atoms with van der Waals surface area (Å²) in [6, 6.07) is 26.0. The number of ether oxygens (including phenoxy) is 2. The summed E-state index contributed by atoms with van der Waals surface area (Å²) < 4.78 is 30.1. The zero-order valence-electron chi connectivity index (χ0n) is 22.0. The first-order valence-corrected chi connectivity index (χ1v) is 12.5. The van der Waals surface area contributed by atoms with E-state index in [1.54, 1.807) is 44.4 Å². The van der Waals surface area contributed by atoms with Crippen molar-refractivity contribution in [3.8, 4) is 11.5 Å². The highest BCUT2D eigenvalue weighted by atomic mass is 19.1. The minimum atomic E-state index is -0.257. The number of rotatable bonds is 12. The molecule has 0 spiro atoms. The summed E-state index contributed by atoms with van der Waals surface area (Å²) in [4.78, 5) is 16.9. The van der Waals surface area contributed by atoms with Crippen LogP contribution in [-0.2, 0) is 26.1 Å². The molecule has 0 fully saturated rings. The average molecular weight is 517 g/mol. The second-order valence-corrected chi connectivity index (χ2v) is 9.19. The number of amides is 1. The first-order valence-electron chi connectivity index (χ1n) is 12.5. The van der Waals surface area contributed by atoms with E-state index in [9.17, 15) is 9.18 Å². The van der Waals surface area contributed by atoms with E-state index >= 15 is 0 Å². The Kier molecular flexibility index (Phi) is 9.16. The van der Waals surface area contributed by atoms with Crippen molar-refractivity contribution in [2.45, 2.75) is 26.1 Å². The van der Waals surface area contributed by atoms with Gasteiger partial charge in [0, 0.05) is 26.7 Å². The molecule has 0 saturated heterocycles. The van der Waals surface area contributed by atoms with E-state index in [1.165, 1.54) is 12.1 Å². The quantitative estimate of drug-likeness (QED) is 0.233. The molecule has 0 bridgehead atoms. The normalized spacial score (nSPS) is 11.0. The molecule has 3 aromatic carbocycles. The van der Waals surface area contributed by atoms with Gasteiger partial charge in [-0.2, -0.15) is 0 Å². The molecule has 1 amide bonds. The van der Waals surface area contributed by atoms with Gasteiger partial charge in [-0.3, -0.25) is 9.69 Å². The maximum Gasteiger partial charge on any atom is 0.289 e. The first kappa shape index (κ1) is 26.9. The third kappa shape index (κ3) is 7.23. The molecule has 0 atom stereocenters. The fourth-order valence-electron chi connectivity index (χ4n) is 4.28. The largest absolute Gasteiger partial charge is 0.493 e. The Balaban J connectivity index is 1.40. The van der Waals surface area contributed by atoms with Crippen LogP contribution in [0.5, 0.6) is 11.5 Å². The summed E-state index contributed by atoms with van der Waals surface area (Å²) in [6.45, 7) is 2.34. The molecule has 0 aliphatic heterocycles. The summed E-state index contributed by atoms with van der Waals surface area (Å²) in [5.74, 6) is 1.90. The first-order chi connectivity index (χ1) is 18.4. The Morgan fingerprint density at radius 1 is 0.789 bits per heavy atom. The molecular formula is C31H33FN2O4. The summed E-state index contributed by atoms with van der Waals surface area (Å²) >= 11 is 0. The van der Waals surface area contributed by atoms with E-state index < -0.39 is 0 Å². The minimum Gasteiger partial charge on any atom is -0.493 e. The van der Waals surface area contributed by atoms with Crippen LogP contribution in [-0.4, -0.2) is 43.5 Å². The minimum absolute atomic E-state index is 0.176. The van der Waals surface area contributed by atoms with E-state index in [0.717, 1.165) is 16.7 Å². The van der Waals surface area contributed by atoms with Crippen molar-refractivity contribution in [1.29, 1.82) is 0 Å². The van der Waals surface area contributed by atoms with E-state index in [4.69, 9.17) is 13.9 Å². The molecule has 38 heavy (non-hydrogen) atoms. The van der Waals surface area contributed by atoms with Crippen molar-refractivity contribution >= 4 is 5.91 Å². The second kappa shape index (κ2) is 12.9. The number of benzene rings is 3. The van der Waals surface area contributed by atoms with Gasteiger partial charge in [-0.25, -0.2) is 4.39 Å². The number of furan rings is 1. The molecule has 4 aromatic rings. The fourth-order valence-corrected chi connectivity index (χ4v) is 4.28. The zero-order valence-corrected chi connectivity index (χ0v) is 22.0. The van der Waals surface area contributed by atoms with E-state index in [1.807, 2.05) is 42.5 Å². The van der Waals surface area contributed by atoms with E-state index in [2.05, 4.69) is 17.0 Å². The molecule has 6 nitrogen and oxygen atoms in total. The Bertz CT molecular complexity index is 1320. The van der Waals surface area contributed by atoms with Crippen molar-refractivity contribution in [1.82, 2.24) is 9.80 Å². The lowest BCUT2D eigenvalue weighted by Gasteiger charge is -2.22. The topological polar surface area (TPSA) is 55.2 Å². The number of halogens is 1. The molecular weight excluding hydrogens is 483 g/mol. The molecule has 0 N–H and O–H groups in total. The highest BCUT2D eigenvalue weighted by Crippen LogP contribution is 2.27. The number of carbonyl (C=O) groups excluding carboxylic acids is 1. The van der Waals surface area contributed by atoms with Crippen molar-refractivity contribution in [3.63, 3.8) is 0 Å². The summed E-state index contributed by atoms with van der Waals surface area (Å²) in [5, 5.41) is 0. The number of methoxy groups -OCH3 is 2. The van der Waals surface area contributed by atoms with Gasteiger partial charge in [0.25, 0.3) is 5.91 Å². The van der Waals surface area contributed by atoms with Crippen LogP contribution in [0.15, 0.2) is 89.3 Å². The molecule has 7 heteroatoms. The molecule has 0 aliphatic rings. The molecule has 1 aromatic heterocycles. The Hall–Kier alpha value is -4.10. The van der Waals surface area contributed by atoms with E-state index in [-0.39, 0.29) is 11.7 Å². The van der Waals surface area contributed by atoms with Gasteiger partial charge in [0.15, 0.2) is 17.3 Å². The Morgan fingerprint density at radius 2 is 1.45 bits per heavy atom. The molecule has 0 unspecified atom stereocenters. The van der Waals surface area contributed by atoms with Crippen LogP contribution in [0, 0.1) is 5.82 Å². The van der Waals surface area contributed by atoms with Gasteiger partial charge in [-0.05, 0) is 59.5 Å². The van der Waals surface area contributed by atoms with Crippen molar-refractivity contribution in [2.75, 3.05) is 27.8 Å². The summed E-state index contributed by atoms with van der Waals surface area (Å²) in [7, 11) is 4.97. The number of hydrogen-bond donors (Lipinski definition) is 0. The predicted molar refractivity (Wildman–Crippen MR) is 145 cm³/mol. The van der Waals surface area contributed by atoms with Gasteiger partial charge in [-0.1, -0.05) is 48.5 Å². The van der Waals surface area contributed by atoms with Gasteiger partial charge in [0.05, 0.1) is 20.8 Å². The average Bonchev–Trinajstić information content (AvgIpc) is 3.41. The lowest BCUT2D eigenvalue weighted by molar-refractivity contribution is 0.0760. The monoisotopic (exact) mass is 516 g/mol. The van der Waals surface area contributed by atoms with E-state index in [0.29, 0.717) is 55.6 Å².